The van der Waals surface area contributed by atoms with E-state index < -0.39 is 40.4 Å². The Hall–Kier alpha value is -3.23. The van der Waals surface area contributed by atoms with Gasteiger partial charge in [-0.05, 0) is 31.5 Å². The maximum Gasteiger partial charge on any atom is 0.326 e. The molecule has 0 saturated carbocycles. The highest BCUT2D eigenvalue weighted by molar-refractivity contribution is 6.09. The summed E-state index contributed by atoms with van der Waals surface area (Å²) >= 11 is 0. The van der Waals surface area contributed by atoms with E-state index in [-0.39, 0.29) is 16.8 Å². The first kappa shape index (κ1) is 17.1. The van der Waals surface area contributed by atoms with Gasteiger partial charge in [-0.25, -0.2) is 4.79 Å². The van der Waals surface area contributed by atoms with E-state index in [1.807, 2.05) is 0 Å². The molecule has 9 nitrogen and oxygen atoms in total. The van der Waals surface area contributed by atoms with Gasteiger partial charge in [-0.15, -0.1) is 0 Å². The lowest BCUT2D eigenvalue weighted by molar-refractivity contribution is -0.384. The zero-order valence-electron chi connectivity index (χ0n) is 12.8. The third kappa shape index (κ3) is 2.71. The van der Waals surface area contributed by atoms with Crippen molar-refractivity contribution in [2.24, 2.45) is 0 Å². The molecule has 0 radical (unpaired) electrons. The fraction of sp³-hybridized carbons (Fsp3) is 0.267. The Labute approximate surface area is 136 Å². The van der Waals surface area contributed by atoms with Crippen LogP contribution in [0.25, 0.3) is 0 Å². The minimum absolute atomic E-state index is 0.196. The van der Waals surface area contributed by atoms with Crippen molar-refractivity contribution in [3.63, 3.8) is 0 Å². The number of hydrogen-bond acceptors (Lipinski definition) is 6. The summed E-state index contributed by atoms with van der Waals surface area (Å²) in [4.78, 5) is 46.3. The van der Waals surface area contributed by atoms with Crippen molar-refractivity contribution in [2.45, 2.75) is 25.9 Å². The molecule has 1 aromatic carbocycles. The summed E-state index contributed by atoms with van der Waals surface area (Å²) in [6.07, 6.45) is 0. The normalized spacial score (nSPS) is 18.7. The van der Waals surface area contributed by atoms with Crippen LogP contribution in [0.1, 0.15) is 25.5 Å². The van der Waals surface area contributed by atoms with Gasteiger partial charge < -0.3 is 15.1 Å². The summed E-state index contributed by atoms with van der Waals surface area (Å²) in [6, 6.07) is 2.56. The number of hydrogen-bond donors (Lipinski definition) is 2. The molecule has 0 fully saturated rings. The molecule has 24 heavy (non-hydrogen) atoms. The smallest absolute Gasteiger partial charge is 0.326 e. The topological polar surface area (TPSA) is 138 Å². The van der Waals surface area contributed by atoms with E-state index in [4.69, 9.17) is 0 Å². The number of nitro benzene ring substituents is 1. The van der Waals surface area contributed by atoms with E-state index in [9.17, 15) is 34.7 Å². The van der Waals surface area contributed by atoms with Gasteiger partial charge in [-0.2, -0.15) is 0 Å². The van der Waals surface area contributed by atoms with E-state index in [0.29, 0.717) is 0 Å². The van der Waals surface area contributed by atoms with Crippen molar-refractivity contribution < 1.29 is 29.5 Å². The van der Waals surface area contributed by atoms with Crippen LogP contribution in [-0.4, -0.2) is 43.7 Å². The summed E-state index contributed by atoms with van der Waals surface area (Å²) in [5.74, 6) is -3.69. The van der Waals surface area contributed by atoms with E-state index in [1.54, 1.807) is 0 Å². The highest BCUT2D eigenvalue weighted by Gasteiger charge is 2.46. The molecule has 2 rings (SSSR count). The lowest BCUT2D eigenvalue weighted by atomic mass is 9.96. The summed E-state index contributed by atoms with van der Waals surface area (Å²) in [7, 11) is 0. The number of nitrogens with zero attached hydrogens (tertiary/aromatic N) is 2. The first-order chi connectivity index (χ1) is 11.2. The van der Waals surface area contributed by atoms with Crippen molar-refractivity contribution >= 4 is 23.3 Å². The number of carboxylic acids is 1. The number of Topliss-reactive ketones (excluding diaryl/α,β-unsaturated/α-hetero) is 1. The lowest BCUT2D eigenvalue weighted by Crippen LogP contribution is -2.43. The molecule has 1 aliphatic heterocycles. The average Bonchev–Trinajstić information content (AvgIpc) is 2.78. The van der Waals surface area contributed by atoms with Gasteiger partial charge in [0.25, 0.3) is 11.6 Å². The highest BCUT2D eigenvalue weighted by atomic mass is 16.6. The molecule has 1 amide bonds. The van der Waals surface area contributed by atoms with Crippen LogP contribution in [0.3, 0.4) is 0 Å². The van der Waals surface area contributed by atoms with Crippen LogP contribution in [0.5, 0.6) is 0 Å². The quantitative estimate of drug-likeness (QED) is 0.612. The molecule has 2 N–H and O–H groups in total. The number of rotatable bonds is 5. The van der Waals surface area contributed by atoms with E-state index in [0.717, 1.165) is 11.8 Å². The van der Waals surface area contributed by atoms with Gasteiger partial charge in [0.15, 0.2) is 11.5 Å². The van der Waals surface area contributed by atoms with Gasteiger partial charge in [-0.3, -0.25) is 19.7 Å². The molecule has 2 unspecified atom stereocenters. The Morgan fingerprint density at radius 3 is 2.25 bits per heavy atom. The number of nitro groups is 1. The van der Waals surface area contributed by atoms with E-state index in [2.05, 4.69) is 0 Å². The molecule has 0 aromatic heterocycles. The molecular formula is C15H14N2O7. The minimum atomic E-state index is -1.31. The molecule has 0 aliphatic carbocycles. The van der Waals surface area contributed by atoms with Crippen LogP contribution < -0.4 is 0 Å². The molecule has 0 bridgehead atoms. The van der Waals surface area contributed by atoms with Crippen molar-refractivity contribution in [1.29, 1.82) is 0 Å². The van der Waals surface area contributed by atoms with E-state index in [1.165, 1.54) is 31.2 Å². The SMILES string of the molecule is CC(=O)C1=C(O)C(=O)N(C(C)C(=O)O)C1c1ccc([N+](=O)[O-])cc1. The molecule has 9 heteroatoms. The fourth-order valence-electron chi connectivity index (χ4n) is 2.61. The third-order valence-corrected chi connectivity index (χ3v) is 3.82. The number of ketones is 1. The first-order valence-electron chi connectivity index (χ1n) is 6.90. The Bertz CT molecular complexity index is 767. The third-order valence-electron chi connectivity index (χ3n) is 3.82. The van der Waals surface area contributed by atoms with Gasteiger partial charge in [0.2, 0.25) is 0 Å². The van der Waals surface area contributed by atoms with Crippen LogP contribution in [-0.2, 0) is 14.4 Å². The number of carbonyl (C=O) groups is 3. The second-order valence-electron chi connectivity index (χ2n) is 5.30. The van der Waals surface area contributed by atoms with Crippen LogP contribution >= 0.6 is 0 Å². The number of carboxylic acid groups (broad SMARTS) is 1. The summed E-state index contributed by atoms with van der Waals surface area (Å²) < 4.78 is 0. The lowest BCUT2D eigenvalue weighted by Gasteiger charge is -2.29. The van der Waals surface area contributed by atoms with Crippen LogP contribution in [0.2, 0.25) is 0 Å². The minimum Gasteiger partial charge on any atom is -0.503 e. The maximum absolute atomic E-state index is 12.2. The zero-order chi connectivity index (χ0) is 18.2. The Morgan fingerprint density at radius 1 is 1.29 bits per heavy atom. The molecule has 1 heterocycles. The monoisotopic (exact) mass is 334 g/mol. The number of aliphatic hydroxyl groups excluding tert-OH is 1. The van der Waals surface area contributed by atoms with Crippen molar-refractivity contribution in [3.05, 3.63) is 51.3 Å². The van der Waals surface area contributed by atoms with E-state index >= 15 is 0 Å². The van der Waals surface area contributed by atoms with Gasteiger partial charge in [-0.1, -0.05) is 0 Å². The number of non-ortho nitro benzene ring substituents is 1. The molecule has 0 spiro atoms. The summed E-state index contributed by atoms with van der Waals surface area (Å²) in [5.41, 5.74) is -0.142. The van der Waals surface area contributed by atoms with Crippen LogP contribution in [0.15, 0.2) is 35.6 Å². The van der Waals surface area contributed by atoms with Gasteiger partial charge in [0.1, 0.15) is 6.04 Å². The molecule has 0 saturated heterocycles. The van der Waals surface area contributed by atoms with Crippen molar-refractivity contribution in [3.8, 4) is 0 Å². The second-order valence-corrected chi connectivity index (χ2v) is 5.30. The van der Waals surface area contributed by atoms with Crippen LogP contribution in [0.4, 0.5) is 5.69 Å². The molecule has 1 aliphatic rings. The number of benzene rings is 1. The first-order valence-corrected chi connectivity index (χ1v) is 6.90. The average molecular weight is 334 g/mol. The number of aliphatic hydroxyl groups is 1. The van der Waals surface area contributed by atoms with Crippen LogP contribution in [0, 0.1) is 10.1 Å². The van der Waals surface area contributed by atoms with Crippen molar-refractivity contribution in [1.82, 2.24) is 4.90 Å². The molecule has 1 aromatic rings. The van der Waals surface area contributed by atoms with Gasteiger partial charge in [0, 0.05) is 12.1 Å². The largest absolute Gasteiger partial charge is 0.503 e. The number of carbonyl (C=O) groups excluding carboxylic acids is 2. The number of amides is 1. The number of aliphatic carboxylic acids is 1. The molecular weight excluding hydrogens is 320 g/mol. The Morgan fingerprint density at radius 2 is 1.83 bits per heavy atom. The second kappa shape index (κ2) is 6.11. The standard InChI is InChI=1S/C15H14N2O7/c1-7(15(21)22)16-12(11(8(2)18)13(19)14(16)20)9-3-5-10(6-4-9)17(23)24/h3-7,12,19H,1-2H3,(H,21,22). The van der Waals surface area contributed by atoms with Crippen molar-refractivity contribution in [2.75, 3.05) is 0 Å². The Kier molecular flexibility index (Phi) is 4.36. The summed E-state index contributed by atoms with van der Waals surface area (Å²) in [5, 5.41) is 29.9. The fourth-order valence-corrected chi connectivity index (χ4v) is 2.61. The summed E-state index contributed by atoms with van der Waals surface area (Å²) in [6.45, 7) is 2.39. The Balaban J connectivity index is 2.58. The maximum atomic E-state index is 12.2. The predicted octanol–water partition coefficient (Wildman–Crippen LogP) is 1.35. The zero-order valence-corrected chi connectivity index (χ0v) is 12.8. The molecule has 126 valence electrons. The predicted molar refractivity (Wildman–Crippen MR) is 80.1 cm³/mol. The molecule has 2 atom stereocenters. The van der Waals surface area contributed by atoms with Gasteiger partial charge >= 0.3 is 5.97 Å². The van der Waals surface area contributed by atoms with Gasteiger partial charge in [0.05, 0.1) is 16.5 Å². The highest BCUT2D eigenvalue weighted by Crippen LogP contribution is 2.39.